The van der Waals surface area contributed by atoms with E-state index in [1.807, 2.05) is 4.98 Å². The number of halogens is 2. The highest BCUT2D eigenvalue weighted by Crippen LogP contribution is 2.34. The maximum Gasteiger partial charge on any atom is 0.330 e. The molecule has 1 aliphatic heterocycles. The molecule has 1 fully saturated rings. The molecular weight excluding hydrogens is 351 g/mol. The molecule has 0 aromatic carbocycles. The summed E-state index contributed by atoms with van der Waals surface area (Å²) in [5, 5.41) is 0. The lowest BCUT2D eigenvalue weighted by Crippen LogP contribution is -2.37. The minimum Gasteiger partial charge on any atom is -0.456 e. The zero-order chi connectivity index (χ0) is 15.7. The number of aromatic amines is 1. The fourth-order valence-electron chi connectivity index (χ4n) is 2.23. The van der Waals surface area contributed by atoms with E-state index in [1.165, 1.54) is 6.92 Å². The Morgan fingerprint density at radius 3 is 2.81 bits per heavy atom. The van der Waals surface area contributed by atoms with Crippen molar-refractivity contribution in [1.29, 1.82) is 0 Å². The summed E-state index contributed by atoms with van der Waals surface area (Å²) >= 11 is 2.97. The Labute approximate surface area is 127 Å². The molecule has 2 rings (SSSR count). The summed E-state index contributed by atoms with van der Waals surface area (Å²) in [6, 6.07) is 0. The van der Waals surface area contributed by atoms with E-state index in [9.17, 15) is 18.8 Å². The Morgan fingerprint density at radius 1 is 1.57 bits per heavy atom. The third-order valence-corrected chi connectivity index (χ3v) is 3.73. The highest BCUT2D eigenvalue weighted by molar-refractivity contribution is 9.10. The average Bonchev–Trinajstić information content (AvgIpc) is 2.71. The highest BCUT2D eigenvalue weighted by atomic mass is 79.9. The van der Waals surface area contributed by atoms with Crippen LogP contribution in [0.3, 0.4) is 0 Å². The predicted octanol–water partition coefficient (Wildman–Crippen LogP) is 0.876. The van der Waals surface area contributed by atoms with Crippen LogP contribution in [-0.2, 0) is 14.3 Å². The maximum atomic E-state index is 14.5. The number of rotatable bonds is 3. The molecule has 0 saturated carbocycles. The molecule has 116 valence electrons. The van der Waals surface area contributed by atoms with Crippen molar-refractivity contribution >= 4 is 21.9 Å². The summed E-state index contributed by atoms with van der Waals surface area (Å²) in [6.07, 6.45) is -3.16. The van der Waals surface area contributed by atoms with Gasteiger partial charge >= 0.3 is 11.7 Å². The van der Waals surface area contributed by atoms with Crippen molar-refractivity contribution in [2.75, 3.05) is 0 Å². The van der Waals surface area contributed by atoms with Gasteiger partial charge in [0.15, 0.2) is 18.5 Å². The first-order valence-corrected chi connectivity index (χ1v) is 7.12. The van der Waals surface area contributed by atoms with Gasteiger partial charge in [0.2, 0.25) is 0 Å². The van der Waals surface area contributed by atoms with Crippen LogP contribution in [0, 0.1) is 0 Å². The molecule has 1 unspecified atom stereocenters. The Kier molecular flexibility index (Phi) is 4.62. The molecule has 0 aliphatic carbocycles. The van der Waals surface area contributed by atoms with Gasteiger partial charge in [-0.3, -0.25) is 19.1 Å². The number of hydrogen-bond acceptors (Lipinski definition) is 5. The topological polar surface area (TPSA) is 90.4 Å². The van der Waals surface area contributed by atoms with Crippen molar-refractivity contribution in [3.8, 4) is 0 Å². The van der Waals surface area contributed by atoms with Gasteiger partial charge in [-0.2, -0.15) is 0 Å². The van der Waals surface area contributed by atoms with E-state index >= 15 is 0 Å². The Bertz CT molecular complexity index is 658. The summed E-state index contributed by atoms with van der Waals surface area (Å²) in [6.45, 7) is 2.93. The van der Waals surface area contributed by atoms with Crippen molar-refractivity contribution in [3.05, 3.63) is 31.5 Å². The molecule has 1 N–H and O–H groups in total. The van der Waals surface area contributed by atoms with Crippen molar-refractivity contribution in [3.63, 3.8) is 0 Å². The Balaban J connectivity index is 2.37. The molecule has 9 heteroatoms. The van der Waals surface area contributed by atoms with E-state index < -0.39 is 41.8 Å². The van der Waals surface area contributed by atoms with E-state index in [1.54, 1.807) is 6.92 Å². The Morgan fingerprint density at radius 2 is 2.24 bits per heavy atom. The number of nitrogens with one attached hydrogen (secondary N) is 1. The van der Waals surface area contributed by atoms with Crippen LogP contribution in [0.2, 0.25) is 0 Å². The van der Waals surface area contributed by atoms with Gasteiger partial charge in [-0.1, -0.05) is 6.92 Å². The van der Waals surface area contributed by atoms with Gasteiger partial charge in [-0.25, -0.2) is 9.18 Å². The summed E-state index contributed by atoms with van der Waals surface area (Å²) < 4.78 is 25.9. The largest absolute Gasteiger partial charge is 0.456 e. The van der Waals surface area contributed by atoms with Crippen LogP contribution >= 0.6 is 15.9 Å². The SMILES string of the molecule is CC[C@H]1O[C@@H](n2cc(Br)c(=O)[nH]c2=O)[C@@H](F)C1OC(C)=O. The standard InChI is InChI=1S/C12H14BrFN2O5/c1-3-7-9(20-5(2)17)8(14)11(21-7)16-4-6(13)10(18)15-12(16)19/h4,7-9,11H,3H2,1-2H3,(H,15,18,19)/t7-,8+,9?,11-/m1/s1. The molecule has 1 saturated heterocycles. The predicted molar refractivity (Wildman–Crippen MR) is 73.7 cm³/mol. The van der Waals surface area contributed by atoms with Crippen LogP contribution in [0.1, 0.15) is 26.5 Å². The van der Waals surface area contributed by atoms with E-state index in [2.05, 4.69) is 15.9 Å². The summed E-state index contributed by atoms with van der Waals surface area (Å²) in [5.41, 5.74) is -1.41. The zero-order valence-electron chi connectivity index (χ0n) is 11.3. The first kappa shape index (κ1) is 15.9. The second kappa shape index (κ2) is 6.10. The summed E-state index contributed by atoms with van der Waals surface area (Å²) in [4.78, 5) is 36.2. The quantitative estimate of drug-likeness (QED) is 0.803. The average molecular weight is 365 g/mol. The van der Waals surface area contributed by atoms with E-state index in [-0.39, 0.29) is 4.47 Å². The van der Waals surface area contributed by atoms with Gasteiger partial charge in [-0.15, -0.1) is 0 Å². The lowest BCUT2D eigenvalue weighted by Gasteiger charge is -2.17. The van der Waals surface area contributed by atoms with Crippen LogP contribution in [0.4, 0.5) is 4.39 Å². The normalized spacial score (nSPS) is 28.6. The molecule has 4 atom stereocenters. The van der Waals surface area contributed by atoms with Crippen LogP contribution in [0.5, 0.6) is 0 Å². The molecular formula is C12H14BrFN2O5. The molecule has 1 aromatic heterocycles. The number of esters is 1. The van der Waals surface area contributed by atoms with Crippen molar-refractivity contribution in [2.24, 2.45) is 0 Å². The third-order valence-electron chi connectivity index (χ3n) is 3.17. The number of nitrogens with zero attached hydrogens (tertiary/aromatic N) is 1. The fraction of sp³-hybridized carbons (Fsp3) is 0.583. The van der Waals surface area contributed by atoms with E-state index in [4.69, 9.17) is 9.47 Å². The second-order valence-electron chi connectivity index (χ2n) is 4.64. The van der Waals surface area contributed by atoms with Gasteiger partial charge in [0, 0.05) is 13.1 Å². The van der Waals surface area contributed by atoms with Crippen LogP contribution in [-0.4, -0.2) is 33.9 Å². The second-order valence-corrected chi connectivity index (χ2v) is 5.49. The van der Waals surface area contributed by atoms with Gasteiger partial charge < -0.3 is 9.47 Å². The number of carbonyl (C=O) groups is 1. The monoisotopic (exact) mass is 364 g/mol. The molecule has 1 aromatic rings. The molecule has 0 radical (unpaired) electrons. The molecule has 2 heterocycles. The smallest absolute Gasteiger partial charge is 0.330 e. The highest BCUT2D eigenvalue weighted by Gasteiger charge is 2.47. The van der Waals surface area contributed by atoms with Gasteiger partial charge in [0.25, 0.3) is 5.56 Å². The van der Waals surface area contributed by atoms with Gasteiger partial charge in [0.05, 0.1) is 4.47 Å². The van der Waals surface area contributed by atoms with Crippen molar-refractivity contribution in [1.82, 2.24) is 9.55 Å². The van der Waals surface area contributed by atoms with Crippen molar-refractivity contribution < 1.29 is 18.7 Å². The van der Waals surface area contributed by atoms with Crippen LogP contribution in [0.25, 0.3) is 0 Å². The maximum absolute atomic E-state index is 14.5. The van der Waals surface area contributed by atoms with Crippen LogP contribution < -0.4 is 11.2 Å². The molecule has 0 spiro atoms. The minimum absolute atomic E-state index is 0.0712. The Hall–Kier alpha value is -1.48. The van der Waals surface area contributed by atoms with Crippen LogP contribution in [0.15, 0.2) is 20.3 Å². The van der Waals surface area contributed by atoms with Gasteiger partial charge in [0.1, 0.15) is 6.10 Å². The van der Waals surface area contributed by atoms with Gasteiger partial charge in [-0.05, 0) is 22.4 Å². The lowest BCUT2D eigenvalue weighted by atomic mass is 10.1. The number of carbonyl (C=O) groups excluding carboxylic acids is 1. The minimum atomic E-state index is -1.71. The molecule has 0 bridgehead atoms. The lowest BCUT2D eigenvalue weighted by molar-refractivity contribution is -0.151. The van der Waals surface area contributed by atoms with E-state index in [0.29, 0.717) is 6.42 Å². The molecule has 1 aliphatic rings. The van der Waals surface area contributed by atoms with Crippen molar-refractivity contribution in [2.45, 2.75) is 44.9 Å². The molecule has 21 heavy (non-hydrogen) atoms. The number of aromatic nitrogens is 2. The summed E-state index contributed by atoms with van der Waals surface area (Å²) in [5.74, 6) is -0.625. The third kappa shape index (κ3) is 3.08. The number of ether oxygens (including phenoxy) is 2. The summed E-state index contributed by atoms with van der Waals surface area (Å²) in [7, 11) is 0. The molecule has 0 amide bonds. The number of alkyl halides is 1. The number of H-pyrrole nitrogens is 1. The molecule has 7 nitrogen and oxygen atoms in total. The number of hydrogen-bond donors (Lipinski definition) is 1. The first-order chi connectivity index (χ1) is 9.85. The fourth-order valence-corrected chi connectivity index (χ4v) is 2.55. The zero-order valence-corrected chi connectivity index (χ0v) is 12.9. The van der Waals surface area contributed by atoms with E-state index in [0.717, 1.165) is 10.8 Å². The first-order valence-electron chi connectivity index (χ1n) is 6.32.